The summed E-state index contributed by atoms with van der Waals surface area (Å²) in [4.78, 5) is 50.6. The summed E-state index contributed by atoms with van der Waals surface area (Å²) >= 11 is 2.10. The number of anilines is 1. The summed E-state index contributed by atoms with van der Waals surface area (Å²) < 4.78 is 17.1. The van der Waals surface area contributed by atoms with Gasteiger partial charge in [0.1, 0.15) is 0 Å². The molecule has 8 nitrogen and oxygen atoms in total. The van der Waals surface area contributed by atoms with Gasteiger partial charge >= 0.3 is 11.9 Å². The second kappa shape index (κ2) is 6.66. The SMILES string of the molecule is CC(=O)OC(OC(C)=O)[C@@]12C=C[C@@H](O1)[C@H]1C(=O)N(c3cccc(I)c3)C(=O)[C@H]12. The van der Waals surface area contributed by atoms with E-state index in [1.165, 1.54) is 0 Å². The number of hydrogen-bond acceptors (Lipinski definition) is 7. The summed E-state index contributed by atoms with van der Waals surface area (Å²) in [6.45, 7) is 2.32. The fourth-order valence-electron chi connectivity index (χ4n) is 4.09. The van der Waals surface area contributed by atoms with Gasteiger partial charge in [0.25, 0.3) is 6.29 Å². The van der Waals surface area contributed by atoms with Gasteiger partial charge in [0.2, 0.25) is 11.8 Å². The van der Waals surface area contributed by atoms with E-state index in [9.17, 15) is 19.2 Å². The van der Waals surface area contributed by atoms with Crippen LogP contribution in [0.3, 0.4) is 0 Å². The van der Waals surface area contributed by atoms with Gasteiger partial charge in [-0.1, -0.05) is 12.1 Å². The lowest BCUT2D eigenvalue weighted by Crippen LogP contribution is -2.52. The van der Waals surface area contributed by atoms with E-state index in [0.717, 1.165) is 22.3 Å². The number of hydrogen-bond donors (Lipinski definition) is 0. The van der Waals surface area contributed by atoms with Crippen LogP contribution in [0, 0.1) is 15.4 Å². The van der Waals surface area contributed by atoms with Gasteiger partial charge in [-0.15, -0.1) is 0 Å². The topological polar surface area (TPSA) is 99.2 Å². The van der Waals surface area contributed by atoms with E-state index in [-0.39, 0.29) is 0 Å². The highest BCUT2D eigenvalue weighted by Crippen LogP contribution is 2.54. The summed E-state index contributed by atoms with van der Waals surface area (Å²) in [5, 5.41) is 0. The Bertz CT molecular complexity index is 913. The minimum Gasteiger partial charge on any atom is -0.422 e. The lowest BCUT2D eigenvalue weighted by molar-refractivity contribution is -0.226. The van der Waals surface area contributed by atoms with Crippen molar-refractivity contribution in [1.29, 1.82) is 0 Å². The summed E-state index contributed by atoms with van der Waals surface area (Å²) in [5.74, 6) is -4.00. The Morgan fingerprint density at radius 3 is 2.46 bits per heavy atom. The van der Waals surface area contributed by atoms with Crippen molar-refractivity contribution in [3.63, 3.8) is 0 Å². The summed E-state index contributed by atoms with van der Waals surface area (Å²) in [6.07, 6.45) is 1.07. The molecule has 3 heterocycles. The van der Waals surface area contributed by atoms with Gasteiger partial charge < -0.3 is 14.2 Å². The molecule has 2 amide bonds. The molecule has 4 rings (SSSR count). The number of rotatable bonds is 4. The Kier molecular flexibility index (Phi) is 4.53. The first-order valence-corrected chi connectivity index (χ1v) is 9.67. The number of esters is 2. The molecule has 4 atom stereocenters. The molecule has 0 aliphatic carbocycles. The van der Waals surface area contributed by atoms with Crippen molar-refractivity contribution in [1.82, 2.24) is 0 Å². The zero-order chi connectivity index (χ0) is 20.2. The molecule has 2 saturated heterocycles. The van der Waals surface area contributed by atoms with E-state index in [1.54, 1.807) is 30.4 Å². The molecule has 0 unspecified atom stereocenters. The first-order valence-electron chi connectivity index (χ1n) is 8.59. The van der Waals surface area contributed by atoms with E-state index >= 15 is 0 Å². The molecule has 3 aliphatic heterocycles. The lowest BCUT2D eigenvalue weighted by atomic mass is 9.76. The van der Waals surface area contributed by atoms with Crippen LogP contribution in [0.25, 0.3) is 0 Å². The van der Waals surface area contributed by atoms with Crippen LogP contribution >= 0.6 is 22.6 Å². The summed E-state index contributed by atoms with van der Waals surface area (Å²) in [6, 6.07) is 7.02. The zero-order valence-electron chi connectivity index (χ0n) is 15.0. The molecule has 0 spiro atoms. The minimum atomic E-state index is -1.53. The van der Waals surface area contributed by atoms with E-state index in [1.807, 2.05) is 6.07 Å². The number of amides is 2. The second-order valence-electron chi connectivity index (χ2n) is 6.84. The van der Waals surface area contributed by atoms with Crippen LogP contribution in [0.5, 0.6) is 0 Å². The average Bonchev–Trinajstić information content (AvgIpc) is 3.25. The van der Waals surface area contributed by atoms with Crippen LogP contribution in [0.1, 0.15) is 13.8 Å². The lowest BCUT2D eigenvalue weighted by Gasteiger charge is -2.34. The van der Waals surface area contributed by atoms with Gasteiger partial charge in [-0.25, -0.2) is 4.90 Å². The molecule has 2 fully saturated rings. The number of fused-ring (bicyclic) bond motifs is 5. The largest absolute Gasteiger partial charge is 0.422 e. The summed E-state index contributed by atoms with van der Waals surface area (Å²) in [7, 11) is 0. The van der Waals surface area contributed by atoms with Crippen LogP contribution < -0.4 is 4.90 Å². The van der Waals surface area contributed by atoms with Gasteiger partial charge in [0.15, 0.2) is 5.60 Å². The number of imide groups is 1. The Labute approximate surface area is 173 Å². The molecule has 2 bridgehead atoms. The zero-order valence-corrected chi connectivity index (χ0v) is 17.1. The van der Waals surface area contributed by atoms with Gasteiger partial charge in [-0.2, -0.15) is 0 Å². The van der Waals surface area contributed by atoms with E-state index in [4.69, 9.17) is 14.2 Å². The van der Waals surface area contributed by atoms with Crippen LogP contribution in [0.2, 0.25) is 0 Å². The quantitative estimate of drug-likeness (QED) is 0.205. The van der Waals surface area contributed by atoms with Crippen molar-refractivity contribution in [2.24, 2.45) is 11.8 Å². The van der Waals surface area contributed by atoms with Crippen molar-refractivity contribution in [2.75, 3.05) is 4.90 Å². The highest BCUT2D eigenvalue weighted by atomic mass is 127. The van der Waals surface area contributed by atoms with Gasteiger partial charge in [-0.05, 0) is 46.9 Å². The monoisotopic (exact) mass is 497 g/mol. The molecular weight excluding hydrogens is 481 g/mol. The highest BCUT2D eigenvalue weighted by molar-refractivity contribution is 14.1. The van der Waals surface area contributed by atoms with Crippen LogP contribution in [-0.4, -0.2) is 41.7 Å². The van der Waals surface area contributed by atoms with Crippen molar-refractivity contribution >= 4 is 52.0 Å². The third kappa shape index (κ3) is 2.75. The molecule has 9 heteroatoms. The molecule has 0 radical (unpaired) electrons. The summed E-state index contributed by atoms with van der Waals surface area (Å²) in [5.41, 5.74) is -1.07. The van der Waals surface area contributed by atoms with E-state index in [0.29, 0.717) is 5.69 Å². The van der Waals surface area contributed by atoms with E-state index < -0.39 is 53.6 Å². The third-order valence-corrected chi connectivity index (χ3v) is 5.73. The maximum atomic E-state index is 13.3. The molecule has 0 aromatic heterocycles. The molecule has 146 valence electrons. The molecule has 1 aromatic carbocycles. The molecule has 0 saturated carbocycles. The first-order chi connectivity index (χ1) is 13.2. The van der Waals surface area contributed by atoms with Crippen LogP contribution in [0.4, 0.5) is 5.69 Å². The molecule has 28 heavy (non-hydrogen) atoms. The normalized spacial score (nSPS) is 30.1. The minimum absolute atomic E-state index is 0.391. The van der Waals surface area contributed by atoms with Gasteiger partial charge in [0, 0.05) is 17.4 Å². The van der Waals surface area contributed by atoms with Crippen molar-refractivity contribution in [3.05, 3.63) is 40.0 Å². The smallest absolute Gasteiger partial charge is 0.305 e. The maximum Gasteiger partial charge on any atom is 0.305 e. The van der Waals surface area contributed by atoms with E-state index in [2.05, 4.69) is 22.6 Å². The van der Waals surface area contributed by atoms with Crippen molar-refractivity contribution in [3.8, 4) is 0 Å². The molecule has 3 aliphatic rings. The third-order valence-electron chi connectivity index (χ3n) is 5.06. The van der Waals surface area contributed by atoms with Gasteiger partial charge in [-0.3, -0.25) is 19.2 Å². The number of carbonyl (C=O) groups is 4. The first kappa shape index (κ1) is 19.1. The average molecular weight is 497 g/mol. The molecule has 0 N–H and O–H groups in total. The van der Waals surface area contributed by atoms with Crippen LogP contribution in [0.15, 0.2) is 36.4 Å². The maximum absolute atomic E-state index is 13.3. The number of halogens is 1. The fraction of sp³-hybridized carbons (Fsp3) is 0.368. The van der Waals surface area contributed by atoms with Gasteiger partial charge in [0.05, 0.1) is 23.6 Å². The Hall–Kier alpha value is -2.27. The predicted octanol–water partition coefficient (Wildman–Crippen LogP) is 1.56. The van der Waals surface area contributed by atoms with Crippen molar-refractivity contribution < 1.29 is 33.4 Å². The Morgan fingerprint density at radius 1 is 1.18 bits per heavy atom. The van der Waals surface area contributed by atoms with Crippen LogP contribution in [-0.2, 0) is 33.4 Å². The Morgan fingerprint density at radius 2 is 1.86 bits per heavy atom. The standard InChI is InChI=1S/C19H16INO7/c1-9(22)26-18(27-10(2)23)19-7-6-13(28-19)14-15(19)17(25)21(16(14)24)12-5-3-4-11(20)8-12/h3-8,13-15,18H,1-2H3/t13-,14-,15+,19+/m1/s1. The molecule has 1 aromatic rings. The number of ether oxygens (including phenoxy) is 3. The predicted molar refractivity (Wildman–Crippen MR) is 103 cm³/mol. The van der Waals surface area contributed by atoms with Crippen molar-refractivity contribution in [2.45, 2.75) is 31.8 Å². The fourth-order valence-corrected chi connectivity index (χ4v) is 4.61. The number of nitrogens with zero attached hydrogens (tertiary/aromatic N) is 1. The number of carbonyl (C=O) groups excluding carboxylic acids is 4. The molecular formula is C19H16INO7. The second-order valence-corrected chi connectivity index (χ2v) is 8.09. The number of benzene rings is 1. The Balaban J connectivity index is 1.75. The highest BCUT2D eigenvalue weighted by Gasteiger charge is 2.72.